The fourth-order valence-corrected chi connectivity index (χ4v) is 1.95. The van der Waals surface area contributed by atoms with Gasteiger partial charge >= 0.3 is 0 Å². The molecule has 14 heavy (non-hydrogen) atoms. The van der Waals surface area contributed by atoms with E-state index >= 15 is 0 Å². The zero-order chi connectivity index (χ0) is 10.2. The lowest BCUT2D eigenvalue weighted by atomic mass is 10.0. The topological polar surface area (TPSA) is 32.3 Å². The van der Waals surface area contributed by atoms with Gasteiger partial charge < -0.3 is 10.2 Å². The first-order valence-electron chi connectivity index (χ1n) is 4.98. The van der Waals surface area contributed by atoms with Crippen LogP contribution in [0, 0.1) is 0 Å². The molecular formula is C9H14F2N2O. The molecule has 80 valence electrons. The second-order valence-corrected chi connectivity index (χ2v) is 4.05. The molecule has 2 fully saturated rings. The lowest BCUT2D eigenvalue weighted by Crippen LogP contribution is -2.62. The number of likely N-dealkylation sites (tertiary alicyclic amines) is 1. The summed E-state index contributed by atoms with van der Waals surface area (Å²) in [5, 5.41) is 3.06. The zero-order valence-corrected chi connectivity index (χ0v) is 7.93. The van der Waals surface area contributed by atoms with Crippen LogP contribution in [0.15, 0.2) is 0 Å². The van der Waals surface area contributed by atoms with Crippen LogP contribution >= 0.6 is 0 Å². The summed E-state index contributed by atoms with van der Waals surface area (Å²) in [6, 6.07) is -0.222. The van der Waals surface area contributed by atoms with Crippen molar-refractivity contribution in [2.24, 2.45) is 0 Å². The Morgan fingerprint density at radius 1 is 1.36 bits per heavy atom. The standard InChI is InChI=1S/C9H14F2N2O/c10-9(11)5-13(6-9)8(14)7-3-1-2-4-12-7/h7,12H,1-6H2. The molecule has 0 aromatic carbocycles. The number of alkyl halides is 2. The number of hydrogen-bond acceptors (Lipinski definition) is 2. The van der Waals surface area contributed by atoms with Gasteiger partial charge in [-0.1, -0.05) is 6.42 Å². The highest BCUT2D eigenvalue weighted by molar-refractivity contribution is 5.83. The lowest BCUT2D eigenvalue weighted by molar-refractivity contribution is -0.168. The molecule has 0 aromatic rings. The first kappa shape index (κ1) is 9.83. The van der Waals surface area contributed by atoms with Crippen LogP contribution in [0.2, 0.25) is 0 Å². The molecule has 2 rings (SSSR count). The van der Waals surface area contributed by atoms with Gasteiger partial charge in [-0.05, 0) is 19.4 Å². The van der Waals surface area contributed by atoms with Gasteiger partial charge in [-0.2, -0.15) is 0 Å². The Balaban J connectivity index is 1.84. The largest absolute Gasteiger partial charge is 0.329 e. The quantitative estimate of drug-likeness (QED) is 0.678. The maximum Gasteiger partial charge on any atom is 0.282 e. The molecule has 1 atom stereocenters. The maximum atomic E-state index is 12.5. The van der Waals surface area contributed by atoms with Crippen molar-refractivity contribution in [3.05, 3.63) is 0 Å². The predicted octanol–water partition coefficient (Wildman–Crippen LogP) is 0.606. The molecule has 0 radical (unpaired) electrons. The van der Waals surface area contributed by atoms with E-state index in [4.69, 9.17) is 0 Å². The second-order valence-electron chi connectivity index (χ2n) is 4.05. The van der Waals surface area contributed by atoms with Gasteiger partial charge in [0, 0.05) is 0 Å². The van der Waals surface area contributed by atoms with Crippen molar-refractivity contribution >= 4 is 5.91 Å². The second kappa shape index (κ2) is 3.46. The fraction of sp³-hybridized carbons (Fsp3) is 0.889. The summed E-state index contributed by atoms with van der Waals surface area (Å²) in [7, 11) is 0. The van der Waals surface area contributed by atoms with E-state index in [1.54, 1.807) is 0 Å². The highest BCUT2D eigenvalue weighted by atomic mass is 19.3. The van der Waals surface area contributed by atoms with Gasteiger partial charge in [0.05, 0.1) is 19.1 Å². The lowest BCUT2D eigenvalue weighted by Gasteiger charge is -2.41. The average molecular weight is 204 g/mol. The van der Waals surface area contributed by atoms with Crippen LogP contribution in [-0.4, -0.2) is 42.4 Å². The number of hydrogen-bond donors (Lipinski definition) is 1. The Kier molecular flexibility index (Phi) is 2.43. The minimum Gasteiger partial charge on any atom is -0.329 e. The SMILES string of the molecule is O=C(C1CCCCN1)N1CC(F)(F)C1. The first-order valence-corrected chi connectivity index (χ1v) is 4.98. The summed E-state index contributed by atoms with van der Waals surface area (Å²) in [4.78, 5) is 12.8. The Hall–Kier alpha value is -0.710. The number of rotatable bonds is 1. The molecule has 1 amide bonds. The number of amides is 1. The van der Waals surface area contributed by atoms with Crippen LogP contribution in [0.3, 0.4) is 0 Å². The number of carbonyl (C=O) groups is 1. The van der Waals surface area contributed by atoms with Crippen LogP contribution in [0.5, 0.6) is 0 Å². The van der Waals surface area contributed by atoms with E-state index in [9.17, 15) is 13.6 Å². The molecule has 2 aliphatic rings. The van der Waals surface area contributed by atoms with Crippen molar-refractivity contribution in [1.29, 1.82) is 0 Å². The van der Waals surface area contributed by atoms with Crippen LogP contribution in [0.4, 0.5) is 8.78 Å². The molecule has 2 saturated heterocycles. The minimum atomic E-state index is -2.65. The number of halogens is 2. The molecule has 5 heteroatoms. The first-order chi connectivity index (χ1) is 6.58. The maximum absolute atomic E-state index is 12.5. The molecule has 2 aliphatic heterocycles. The normalized spacial score (nSPS) is 31.0. The van der Waals surface area contributed by atoms with E-state index in [1.807, 2.05) is 0 Å². The molecule has 3 nitrogen and oxygen atoms in total. The van der Waals surface area contributed by atoms with E-state index in [2.05, 4.69) is 5.32 Å². The van der Waals surface area contributed by atoms with Crippen molar-refractivity contribution in [3.63, 3.8) is 0 Å². The van der Waals surface area contributed by atoms with Gasteiger partial charge in [0.25, 0.3) is 5.92 Å². The monoisotopic (exact) mass is 204 g/mol. The van der Waals surface area contributed by atoms with E-state index in [0.717, 1.165) is 25.8 Å². The Labute approximate surface area is 81.4 Å². The van der Waals surface area contributed by atoms with Crippen molar-refractivity contribution < 1.29 is 13.6 Å². The van der Waals surface area contributed by atoms with E-state index in [-0.39, 0.29) is 11.9 Å². The summed E-state index contributed by atoms with van der Waals surface area (Å²) in [5.74, 6) is -2.81. The van der Waals surface area contributed by atoms with E-state index in [0.29, 0.717) is 0 Å². The minimum absolute atomic E-state index is 0.157. The van der Waals surface area contributed by atoms with Gasteiger partial charge in [0.15, 0.2) is 0 Å². The van der Waals surface area contributed by atoms with Crippen molar-refractivity contribution in [3.8, 4) is 0 Å². The molecule has 0 aromatic heterocycles. The summed E-state index contributed by atoms with van der Waals surface area (Å²) in [6.45, 7) is 0.0225. The van der Waals surface area contributed by atoms with Gasteiger partial charge in [-0.25, -0.2) is 8.78 Å². The molecular weight excluding hydrogens is 190 g/mol. The third-order valence-corrected chi connectivity index (χ3v) is 2.76. The Bertz CT molecular complexity index is 231. The zero-order valence-electron chi connectivity index (χ0n) is 7.93. The molecule has 0 saturated carbocycles. The predicted molar refractivity (Wildman–Crippen MR) is 47.2 cm³/mol. The molecule has 1 N–H and O–H groups in total. The van der Waals surface area contributed by atoms with Gasteiger partial charge in [0.2, 0.25) is 5.91 Å². The van der Waals surface area contributed by atoms with Crippen LogP contribution in [0.25, 0.3) is 0 Å². The van der Waals surface area contributed by atoms with Crippen LogP contribution < -0.4 is 5.32 Å². The summed E-state index contributed by atoms with van der Waals surface area (Å²) in [5.41, 5.74) is 0. The number of nitrogens with one attached hydrogen (secondary N) is 1. The molecule has 0 bridgehead atoms. The van der Waals surface area contributed by atoms with Gasteiger partial charge in [-0.15, -0.1) is 0 Å². The smallest absolute Gasteiger partial charge is 0.282 e. The van der Waals surface area contributed by atoms with Gasteiger partial charge in [-0.3, -0.25) is 4.79 Å². The molecule has 2 heterocycles. The van der Waals surface area contributed by atoms with E-state index < -0.39 is 19.0 Å². The van der Waals surface area contributed by atoms with E-state index in [1.165, 1.54) is 4.90 Å². The Morgan fingerprint density at radius 2 is 2.07 bits per heavy atom. The highest BCUT2D eigenvalue weighted by Gasteiger charge is 2.47. The number of piperidine rings is 1. The van der Waals surface area contributed by atoms with Crippen molar-refractivity contribution in [1.82, 2.24) is 10.2 Å². The summed E-state index contributed by atoms with van der Waals surface area (Å²) < 4.78 is 25.0. The van der Waals surface area contributed by atoms with Crippen LogP contribution in [0.1, 0.15) is 19.3 Å². The molecule has 0 spiro atoms. The van der Waals surface area contributed by atoms with Crippen molar-refractivity contribution in [2.75, 3.05) is 19.6 Å². The third-order valence-electron chi connectivity index (χ3n) is 2.76. The van der Waals surface area contributed by atoms with Crippen LogP contribution in [-0.2, 0) is 4.79 Å². The molecule has 0 aliphatic carbocycles. The molecule has 1 unspecified atom stereocenters. The number of nitrogens with zero attached hydrogens (tertiary/aromatic N) is 1. The summed E-state index contributed by atoms with van der Waals surface area (Å²) in [6.07, 6.45) is 2.86. The number of carbonyl (C=O) groups excluding carboxylic acids is 1. The third kappa shape index (κ3) is 1.87. The van der Waals surface area contributed by atoms with Crippen molar-refractivity contribution in [2.45, 2.75) is 31.2 Å². The highest BCUT2D eigenvalue weighted by Crippen LogP contribution is 2.27. The average Bonchev–Trinajstić information content (AvgIpc) is 2.14. The summed E-state index contributed by atoms with van der Waals surface area (Å²) >= 11 is 0. The van der Waals surface area contributed by atoms with Gasteiger partial charge in [0.1, 0.15) is 0 Å². The Morgan fingerprint density at radius 3 is 2.57 bits per heavy atom. The fourth-order valence-electron chi connectivity index (χ4n) is 1.95.